The molecule has 0 rings (SSSR count). The normalized spacial score (nSPS) is 14.1. The van der Waals surface area contributed by atoms with E-state index in [2.05, 4.69) is 22.9 Å². The van der Waals surface area contributed by atoms with E-state index in [1.165, 1.54) is 0 Å². The van der Waals surface area contributed by atoms with Crippen molar-refractivity contribution in [2.45, 2.75) is 13.3 Å². The van der Waals surface area contributed by atoms with E-state index < -0.39 is 0 Å². The largest absolute Gasteiger partial charge is 0.237 e. The van der Waals surface area contributed by atoms with Gasteiger partial charge in [-0.2, -0.15) is 0 Å². The average Bonchev–Trinajstić information content (AvgIpc) is 1.68. The summed E-state index contributed by atoms with van der Waals surface area (Å²) in [4.78, 5) is 0. The first-order valence-corrected chi connectivity index (χ1v) is 3.57. The molecule has 43 valence electrons. The molecule has 0 aromatic rings. The third kappa shape index (κ3) is 4.29. The van der Waals surface area contributed by atoms with Gasteiger partial charge in [0.15, 0.2) is 0 Å². The quantitative estimate of drug-likeness (QED) is 0.570. The van der Waals surface area contributed by atoms with Crippen molar-refractivity contribution < 1.29 is 5.11 Å². The van der Waals surface area contributed by atoms with Gasteiger partial charge in [0.2, 0.25) is 0 Å². The summed E-state index contributed by atoms with van der Waals surface area (Å²) in [5.41, 5.74) is 0. The Kier molecular flexibility index (Phi) is 4.88. The second-order valence-electron chi connectivity index (χ2n) is 1.75. The average molecular weight is 166 g/mol. The molecule has 0 aromatic heterocycles. The Labute approximate surface area is 52.9 Å². The Morgan fingerprint density at radius 1 is 1.71 bits per heavy atom. The van der Waals surface area contributed by atoms with Crippen LogP contribution in [0.15, 0.2) is 0 Å². The zero-order chi connectivity index (χ0) is 5.70. The number of rotatable bonds is 3. The van der Waals surface area contributed by atoms with Crippen LogP contribution in [0.25, 0.3) is 0 Å². The van der Waals surface area contributed by atoms with Crippen LogP contribution >= 0.6 is 15.9 Å². The molecule has 7 heavy (non-hydrogen) atoms. The zero-order valence-electron chi connectivity index (χ0n) is 4.48. The number of halogens is 1. The molecule has 0 spiro atoms. The van der Waals surface area contributed by atoms with E-state index in [0.29, 0.717) is 5.92 Å². The van der Waals surface area contributed by atoms with Crippen molar-refractivity contribution >= 4 is 15.9 Å². The molecule has 0 heterocycles. The van der Waals surface area contributed by atoms with Crippen molar-refractivity contribution in [3.8, 4) is 0 Å². The van der Waals surface area contributed by atoms with E-state index in [0.717, 1.165) is 11.8 Å². The molecule has 0 aliphatic rings. The highest BCUT2D eigenvalue weighted by atomic mass is 79.9. The monoisotopic (exact) mass is 165 g/mol. The van der Waals surface area contributed by atoms with Gasteiger partial charge in [-0.05, 0) is 12.3 Å². The Hall–Kier alpha value is 0.440. The highest BCUT2D eigenvalue weighted by Gasteiger charge is 1.95. The fourth-order valence-electron chi connectivity index (χ4n) is 0.278. The molecular weight excluding hydrogens is 156 g/mol. The van der Waals surface area contributed by atoms with Crippen molar-refractivity contribution in [2.24, 2.45) is 5.92 Å². The minimum Gasteiger partial charge on any atom is -0.237 e. The SMILES string of the molecule is CC(CBr)CC[O]. The van der Waals surface area contributed by atoms with E-state index in [1.54, 1.807) is 0 Å². The predicted molar refractivity (Wildman–Crippen MR) is 33.1 cm³/mol. The van der Waals surface area contributed by atoms with Crippen LogP contribution in [0.1, 0.15) is 13.3 Å². The molecular formula is C5H10BrO. The van der Waals surface area contributed by atoms with Crippen LogP contribution < -0.4 is 0 Å². The lowest BCUT2D eigenvalue weighted by Crippen LogP contribution is -1.96. The molecule has 0 aliphatic carbocycles. The fraction of sp³-hybridized carbons (Fsp3) is 1.00. The van der Waals surface area contributed by atoms with Crippen LogP contribution in [0.4, 0.5) is 0 Å². The molecule has 1 nitrogen and oxygen atoms in total. The summed E-state index contributed by atoms with van der Waals surface area (Å²) >= 11 is 3.28. The first-order chi connectivity index (χ1) is 3.31. The third-order valence-electron chi connectivity index (χ3n) is 0.874. The number of hydrogen-bond donors (Lipinski definition) is 0. The molecule has 0 fully saturated rings. The number of alkyl halides is 1. The molecule has 0 bridgehead atoms. The van der Waals surface area contributed by atoms with Gasteiger partial charge in [0.1, 0.15) is 0 Å². The lowest BCUT2D eigenvalue weighted by atomic mass is 10.1. The maximum Gasteiger partial charge on any atom is 0.0825 e. The summed E-state index contributed by atoms with van der Waals surface area (Å²) < 4.78 is 0. The summed E-state index contributed by atoms with van der Waals surface area (Å²) in [7, 11) is 0. The standard InChI is InChI=1S/C5H10BrO/c1-5(4-6)2-3-7/h5H,2-4H2,1H3. The molecule has 0 N–H and O–H groups in total. The van der Waals surface area contributed by atoms with E-state index in [4.69, 9.17) is 0 Å². The highest BCUT2D eigenvalue weighted by Crippen LogP contribution is 2.03. The topological polar surface area (TPSA) is 19.9 Å². The van der Waals surface area contributed by atoms with Crippen molar-refractivity contribution in [1.82, 2.24) is 0 Å². The lowest BCUT2D eigenvalue weighted by Gasteiger charge is -1.99. The molecule has 0 saturated heterocycles. The molecule has 1 radical (unpaired) electrons. The van der Waals surface area contributed by atoms with Crippen LogP contribution in [0.2, 0.25) is 0 Å². The second-order valence-corrected chi connectivity index (χ2v) is 2.40. The van der Waals surface area contributed by atoms with Crippen molar-refractivity contribution in [3.05, 3.63) is 0 Å². The Bertz CT molecular complexity index is 39.1. The zero-order valence-corrected chi connectivity index (χ0v) is 6.07. The predicted octanol–water partition coefficient (Wildman–Crippen LogP) is 1.84. The Balaban J connectivity index is 2.83. The van der Waals surface area contributed by atoms with E-state index in [9.17, 15) is 5.11 Å². The first-order valence-electron chi connectivity index (χ1n) is 2.45. The maximum atomic E-state index is 9.88. The molecule has 0 saturated carbocycles. The molecule has 0 amide bonds. The van der Waals surface area contributed by atoms with Crippen molar-refractivity contribution in [1.29, 1.82) is 0 Å². The van der Waals surface area contributed by atoms with Crippen molar-refractivity contribution in [3.63, 3.8) is 0 Å². The molecule has 0 aromatic carbocycles. The summed E-state index contributed by atoms with van der Waals surface area (Å²) in [6.07, 6.45) is 0.797. The summed E-state index contributed by atoms with van der Waals surface area (Å²) in [6, 6.07) is 0. The van der Waals surface area contributed by atoms with Crippen LogP contribution in [-0.2, 0) is 5.11 Å². The van der Waals surface area contributed by atoms with E-state index in [-0.39, 0.29) is 6.61 Å². The van der Waals surface area contributed by atoms with Gasteiger partial charge in [0.25, 0.3) is 0 Å². The Morgan fingerprint density at radius 2 is 2.29 bits per heavy atom. The summed E-state index contributed by atoms with van der Waals surface area (Å²) in [5, 5.41) is 10.8. The minimum absolute atomic E-state index is 0.0623. The summed E-state index contributed by atoms with van der Waals surface area (Å²) in [6.45, 7) is 2.12. The van der Waals surface area contributed by atoms with E-state index >= 15 is 0 Å². The van der Waals surface area contributed by atoms with Gasteiger partial charge >= 0.3 is 0 Å². The first kappa shape index (κ1) is 7.44. The van der Waals surface area contributed by atoms with Gasteiger partial charge in [-0.15, -0.1) is 0 Å². The number of hydrogen-bond acceptors (Lipinski definition) is 0. The van der Waals surface area contributed by atoms with Gasteiger partial charge in [-0.25, -0.2) is 5.11 Å². The molecule has 2 heteroatoms. The van der Waals surface area contributed by atoms with Crippen LogP contribution in [0.3, 0.4) is 0 Å². The molecule has 0 aliphatic heterocycles. The van der Waals surface area contributed by atoms with Crippen molar-refractivity contribution in [2.75, 3.05) is 11.9 Å². The Morgan fingerprint density at radius 3 is 2.43 bits per heavy atom. The van der Waals surface area contributed by atoms with Crippen LogP contribution in [0, 0.1) is 5.92 Å². The summed E-state index contributed by atoms with van der Waals surface area (Å²) in [5.74, 6) is 0.553. The molecule has 1 unspecified atom stereocenters. The second kappa shape index (κ2) is 4.60. The maximum absolute atomic E-state index is 9.88. The van der Waals surface area contributed by atoms with Gasteiger partial charge in [0, 0.05) is 5.33 Å². The highest BCUT2D eigenvalue weighted by molar-refractivity contribution is 9.09. The lowest BCUT2D eigenvalue weighted by molar-refractivity contribution is 0.177. The van der Waals surface area contributed by atoms with Gasteiger partial charge in [-0.3, -0.25) is 0 Å². The van der Waals surface area contributed by atoms with Gasteiger partial charge in [0.05, 0.1) is 6.61 Å². The minimum atomic E-state index is 0.0623. The van der Waals surface area contributed by atoms with Crippen LogP contribution in [-0.4, -0.2) is 11.9 Å². The molecule has 1 atom stereocenters. The van der Waals surface area contributed by atoms with Gasteiger partial charge < -0.3 is 0 Å². The van der Waals surface area contributed by atoms with Gasteiger partial charge in [-0.1, -0.05) is 22.9 Å². The van der Waals surface area contributed by atoms with Crippen LogP contribution in [0.5, 0.6) is 0 Å². The fourth-order valence-corrected chi connectivity index (χ4v) is 0.602. The van der Waals surface area contributed by atoms with E-state index in [1.807, 2.05) is 0 Å². The third-order valence-corrected chi connectivity index (χ3v) is 1.98. The smallest absolute Gasteiger partial charge is 0.0825 e.